The minimum atomic E-state index is -0.384. The van der Waals surface area contributed by atoms with Crippen LogP contribution in [0, 0.1) is 29.6 Å². The number of ether oxygens (including phenoxy) is 1. The van der Waals surface area contributed by atoms with Crippen LogP contribution in [0.2, 0.25) is 0 Å². The fourth-order valence-corrected chi connectivity index (χ4v) is 6.93. The molecule has 2 bridgehead atoms. The molecule has 4 heteroatoms. The summed E-state index contributed by atoms with van der Waals surface area (Å²) < 4.78 is 6.65. The maximum absolute atomic E-state index is 13.1. The molecular weight excluding hydrogens is 266 g/mol. The van der Waals surface area contributed by atoms with Gasteiger partial charge in [0.25, 0.3) is 0 Å². The first-order valence-corrected chi connectivity index (χ1v) is 8.92. The molecule has 0 spiro atoms. The standard InChI is InChI=1S/C17H23NO3/c19-14-10-7-11-13-12(10)16(20)18(9-5-6-9)17(13,21-15(11)14)8-3-1-2-4-8/h8-15,19H,1-7H2. The summed E-state index contributed by atoms with van der Waals surface area (Å²) in [5, 5.41) is 10.5. The van der Waals surface area contributed by atoms with Crippen LogP contribution < -0.4 is 0 Å². The van der Waals surface area contributed by atoms with Crippen molar-refractivity contribution in [2.24, 2.45) is 29.6 Å². The minimum absolute atomic E-state index is 0.0196. The highest BCUT2D eigenvalue weighted by Gasteiger charge is 2.80. The van der Waals surface area contributed by atoms with Gasteiger partial charge < -0.3 is 14.7 Å². The van der Waals surface area contributed by atoms with Gasteiger partial charge >= 0.3 is 0 Å². The molecule has 6 rings (SSSR count). The van der Waals surface area contributed by atoms with Crippen LogP contribution >= 0.6 is 0 Å². The van der Waals surface area contributed by atoms with E-state index in [4.69, 9.17) is 4.74 Å². The average molecular weight is 289 g/mol. The van der Waals surface area contributed by atoms with E-state index in [1.165, 1.54) is 25.7 Å². The molecule has 0 radical (unpaired) electrons. The van der Waals surface area contributed by atoms with Gasteiger partial charge in [0.1, 0.15) is 0 Å². The molecule has 2 aliphatic heterocycles. The van der Waals surface area contributed by atoms with E-state index in [0.717, 1.165) is 19.3 Å². The van der Waals surface area contributed by atoms with Crippen LogP contribution in [0.25, 0.3) is 0 Å². The zero-order chi connectivity index (χ0) is 13.9. The van der Waals surface area contributed by atoms with Gasteiger partial charge in [-0.05, 0) is 43.9 Å². The number of hydrogen-bond acceptors (Lipinski definition) is 3. The Morgan fingerprint density at radius 2 is 1.90 bits per heavy atom. The number of hydrogen-bond donors (Lipinski definition) is 1. The summed E-state index contributed by atoms with van der Waals surface area (Å²) in [6, 6.07) is 0.444. The van der Waals surface area contributed by atoms with Gasteiger partial charge in [-0.25, -0.2) is 0 Å². The third-order valence-corrected chi connectivity index (χ3v) is 7.60. The normalized spacial score (nSPS) is 58.0. The van der Waals surface area contributed by atoms with Gasteiger partial charge in [0, 0.05) is 17.9 Å². The first-order chi connectivity index (χ1) is 10.2. The Labute approximate surface area is 124 Å². The lowest BCUT2D eigenvalue weighted by molar-refractivity contribution is -0.198. The Kier molecular flexibility index (Phi) is 1.97. The molecule has 4 saturated carbocycles. The number of nitrogens with zero attached hydrogens (tertiary/aromatic N) is 1. The Morgan fingerprint density at radius 3 is 2.62 bits per heavy atom. The number of fused-ring (bicyclic) bond motifs is 2. The Balaban J connectivity index is 1.54. The van der Waals surface area contributed by atoms with E-state index >= 15 is 0 Å². The zero-order valence-corrected chi connectivity index (χ0v) is 12.3. The highest BCUT2D eigenvalue weighted by atomic mass is 16.6. The average Bonchev–Trinajstić information content (AvgIpc) is 2.88. The molecule has 0 aromatic carbocycles. The van der Waals surface area contributed by atoms with Crippen molar-refractivity contribution < 1.29 is 14.6 Å². The third-order valence-electron chi connectivity index (χ3n) is 7.60. The van der Waals surface area contributed by atoms with Crippen LogP contribution in [-0.4, -0.2) is 39.9 Å². The highest BCUT2D eigenvalue weighted by molar-refractivity contribution is 5.85. The number of rotatable bonds is 2. The topological polar surface area (TPSA) is 49.8 Å². The van der Waals surface area contributed by atoms with Crippen LogP contribution in [0.4, 0.5) is 0 Å². The SMILES string of the molecule is O=C1C2C3CC4C(OC(C5CCCC5)(C42)N1C1CC1)C3O. The van der Waals surface area contributed by atoms with E-state index in [9.17, 15) is 9.90 Å². The number of amides is 1. The molecule has 114 valence electrons. The Hall–Kier alpha value is -0.610. The van der Waals surface area contributed by atoms with Crippen molar-refractivity contribution in [2.45, 2.75) is 68.9 Å². The highest BCUT2D eigenvalue weighted by Crippen LogP contribution is 2.71. The maximum atomic E-state index is 13.1. The summed E-state index contributed by atoms with van der Waals surface area (Å²) in [6.45, 7) is 0. The lowest BCUT2D eigenvalue weighted by atomic mass is 9.73. The number of likely N-dealkylation sites (tertiary alicyclic amines) is 1. The van der Waals surface area contributed by atoms with Crippen LogP contribution in [0.5, 0.6) is 0 Å². The molecule has 7 unspecified atom stereocenters. The van der Waals surface area contributed by atoms with Gasteiger partial charge in [0.15, 0.2) is 5.72 Å². The summed E-state index contributed by atoms with van der Waals surface area (Å²) in [6.07, 6.45) is 7.95. The number of aliphatic hydroxyl groups excluding tert-OH is 1. The fraction of sp³-hybridized carbons (Fsp3) is 0.941. The van der Waals surface area contributed by atoms with E-state index in [1.54, 1.807) is 0 Å². The van der Waals surface area contributed by atoms with Crippen molar-refractivity contribution in [3.63, 3.8) is 0 Å². The molecule has 6 aliphatic rings. The molecule has 1 N–H and O–H groups in total. The van der Waals surface area contributed by atoms with Crippen molar-refractivity contribution >= 4 is 5.91 Å². The third kappa shape index (κ3) is 1.12. The van der Waals surface area contributed by atoms with Crippen LogP contribution in [-0.2, 0) is 9.53 Å². The number of carbonyl (C=O) groups excluding carboxylic acids is 1. The monoisotopic (exact) mass is 289 g/mol. The molecule has 0 aromatic rings. The first-order valence-electron chi connectivity index (χ1n) is 8.92. The zero-order valence-electron chi connectivity index (χ0n) is 12.3. The van der Waals surface area contributed by atoms with E-state index in [2.05, 4.69) is 4.90 Å². The van der Waals surface area contributed by atoms with Crippen molar-refractivity contribution in [1.82, 2.24) is 4.90 Å². The quantitative estimate of drug-likeness (QED) is 0.838. The molecule has 7 atom stereocenters. The van der Waals surface area contributed by atoms with E-state index in [1.807, 2.05) is 0 Å². The lowest BCUT2D eigenvalue weighted by Crippen LogP contribution is -2.55. The van der Waals surface area contributed by atoms with Gasteiger partial charge in [-0.1, -0.05) is 12.8 Å². The van der Waals surface area contributed by atoms with Gasteiger partial charge in [-0.15, -0.1) is 0 Å². The smallest absolute Gasteiger partial charge is 0.229 e. The molecule has 2 saturated heterocycles. The number of carbonyl (C=O) groups is 1. The molecule has 21 heavy (non-hydrogen) atoms. The Morgan fingerprint density at radius 1 is 1.14 bits per heavy atom. The van der Waals surface area contributed by atoms with Gasteiger partial charge in [-0.2, -0.15) is 0 Å². The summed E-state index contributed by atoms with van der Waals surface area (Å²) >= 11 is 0. The minimum Gasteiger partial charge on any atom is -0.390 e. The number of aliphatic hydroxyl groups is 1. The summed E-state index contributed by atoms with van der Waals surface area (Å²) in [7, 11) is 0. The molecule has 6 fully saturated rings. The lowest BCUT2D eigenvalue weighted by Gasteiger charge is -2.43. The van der Waals surface area contributed by atoms with Crippen molar-refractivity contribution in [3.05, 3.63) is 0 Å². The Bertz CT molecular complexity index is 526. The fourth-order valence-electron chi connectivity index (χ4n) is 6.93. The molecular formula is C17H23NO3. The van der Waals surface area contributed by atoms with Gasteiger partial charge in [0.2, 0.25) is 5.91 Å². The summed E-state index contributed by atoms with van der Waals surface area (Å²) in [5.74, 6) is 1.96. The van der Waals surface area contributed by atoms with Gasteiger partial charge in [0.05, 0.1) is 18.1 Å². The van der Waals surface area contributed by atoms with Crippen molar-refractivity contribution in [1.29, 1.82) is 0 Å². The van der Waals surface area contributed by atoms with Crippen LogP contribution in [0.15, 0.2) is 0 Å². The predicted molar refractivity (Wildman–Crippen MR) is 74.0 cm³/mol. The largest absolute Gasteiger partial charge is 0.390 e. The van der Waals surface area contributed by atoms with Gasteiger partial charge in [-0.3, -0.25) is 4.79 Å². The second-order valence-electron chi connectivity index (χ2n) is 8.36. The van der Waals surface area contributed by atoms with Crippen LogP contribution in [0.3, 0.4) is 0 Å². The van der Waals surface area contributed by atoms with E-state index < -0.39 is 0 Å². The van der Waals surface area contributed by atoms with Crippen molar-refractivity contribution in [2.75, 3.05) is 0 Å². The van der Waals surface area contributed by atoms with E-state index in [0.29, 0.717) is 29.7 Å². The van der Waals surface area contributed by atoms with Crippen LogP contribution in [0.1, 0.15) is 44.9 Å². The maximum Gasteiger partial charge on any atom is 0.229 e. The molecule has 4 aliphatic carbocycles. The predicted octanol–water partition coefficient (Wildman–Crippen LogP) is 1.52. The molecule has 2 heterocycles. The van der Waals surface area contributed by atoms with E-state index in [-0.39, 0.29) is 29.8 Å². The molecule has 4 nitrogen and oxygen atoms in total. The summed E-state index contributed by atoms with van der Waals surface area (Å²) in [4.78, 5) is 15.3. The molecule has 1 amide bonds. The second-order valence-corrected chi connectivity index (χ2v) is 8.36. The second kappa shape index (κ2) is 3.48. The van der Waals surface area contributed by atoms with Crippen molar-refractivity contribution in [3.8, 4) is 0 Å². The first kappa shape index (κ1) is 11.9. The summed E-state index contributed by atoms with van der Waals surface area (Å²) in [5.41, 5.74) is -0.318. The molecule has 0 aromatic heterocycles.